The molecule has 0 aromatic heterocycles. The molecule has 1 aliphatic carbocycles. The highest BCUT2D eigenvalue weighted by atomic mass is 16.5. The second-order valence-electron chi connectivity index (χ2n) is 5.47. The maximum absolute atomic E-state index is 5.88. The van der Waals surface area contributed by atoms with Gasteiger partial charge in [-0.25, -0.2) is 0 Å². The van der Waals surface area contributed by atoms with E-state index in [0.29, 0.717) is 11.5 Å². The first-order valence-electron chi connectivity index (χ1n) is 5.20. The van der Waals surface area contributed by atoms with Crippen LogP contribution in [0.2, 0.25) is 0 Å². The van der Waals surface area contributed by atoms with Gasteiger partial charge in [-0.05, 0) is 30.1 Å². The molecule has 0 radical (unpaired) electrons. The molecule has 70 valence electrons. The van der Waals surface area contributed by atoms with Gasteiger partial charge in [0.05, 0.1) is 12.7 Å². The maximum Gasteiger partial charge on any atom is 0.0655 e. The van der Waals surface area contributed by atoms with Crippen molar-refractivity contribution in [1.82, 2.24) is 0 Å². The zero-order chi connectivity index (χ0) is 8.77. The van der Waals surface area contributed by atoms with Gasteiger partial charge in [0.1, 0.15) is 0 Å². The lowest BCUT2D eigenvalue weighted by atomic mass is 9.79. The van der Waals surface area contributed by atoms with Crippen LogP contribution in [0.25, 0.3) is 0 Å². The van der Waals surface area contributed by atoms with Gasteiger partial charge in [-0.3, -0.25) is 0 Å². The van der Waals surface area contributed by atoms with Gasteiger partial charge in [0.15, 0.2) is 0 Å². The smallest absolute Gasteiger partial charge is 0.0655 e. The van der Waals surface area contributed by atoms with Crippen LogP contribution in [0.3, 0.4) is 0 Å². The molecule has 0 bridgehead atoms. The average molecular weight is 168 g/mol. The molecule has 1 nitrogen and oxygen atoms in total. The molecule has 3 atom stereocenters. The first-order chi connectivity index (χ1) is 5.59. The first-order valence-corrected chi connectivity index (χ1v) is 5.20. The van der Waals surface area contributed by atoms with Crippen LogP contribution in [-0.4, -0.2) is 12.7 Å². The Kier molecular flexibility index (Phi) is 1.95. The van der Waals surface area contributed by atoms with Crippen molar-refractivity contribution in [3.8, 4) is 0 Å². The van der Waals surface area contributed by atoms with Gasteiger partial charge in [0.25, 0.3) is 0 Å². The van der Waals surface area contributed by atoms with Gasteiger partial charge in [0, 0.05) is 0 Å². The first kappa shape index (κ1) is 8.55. The Morgan fingerprint density at radius 2 is 1.92 bits per heavy atom. The zero-order valence-electron chi connectivity index (χ0n) is 8.47. The molecular weight excluding hydrogens is 148 g/mol. The van der Waals surface area contributed by atoms with Crippen molar-refractivity contribution < 1.29 is 4.74 Å². The van der Waals surface area contributed by atoms with Crippen molar-refractivity contribution in [2.75, 3.05) is 6.61 Å². The summed E-state index contributed by atoms with van der Waals surface area (Å²) in [6, 6.07) is 0. The van der Waals surface area contributed by atoms with E-state index in [0.717, 1.165) is 18.4 Å². The van der Waals surface area contributed by atoms with E-state index in [-0.39, 0.29) is 0 Å². The summed E-state index contributed by atoms with van der Waals surface area (Å²) in [5.74, 6) is 1.78. The van der Waals surface area contributed by atoms with Crippen LogP contribution in [0.4, 0.5) is 0 Å². The van der Waals surface area contributed by atoms with Crippen LogP contribution < -0.4 is 0 Å². The topological polar surface area (TPSA) is 9.23 Å². The molecule has 0 spiro atoms. The SMILES string of the molecule is CC(C)(C)C1OCC2CCCC21. The third-order valence-electron chi connectivity index (χ3n) is 3.45. The fourth-order valence-corrected chi connectivity index (χ4v) is 2.91. The molecule has 2 rings (SSSR count). The van der Waals surface area contributed by atoms with Crippen LogP contribution in [-0.2, 0) is 4.74 Å². The van der Waals surface area contributed by atoms with Gasteiger partial charge < -0.3 is 4.74 Å². The number of ether oxygens (including phenoxy) is 1. The standard InChI is InChI=1S/C11H20O/c1-11(2,3)10-9-6-4-5-8(9)7-12-10/h8-10H,4-7H2,1-3H3. The summed E-state index contributed by atoms with van der Waals surface area (Å²) in [6.07, 6.45) is 4.79. The molecule has 1 saturated carbocycles. The zero-order valence-corrected chi connectivity index (χ0v) is 8.47. The van der Waals surface area contributed by atoms with Gasteiger partial charge in [0.2, 0.25) is 0 Å². The predicted molar refractivity (Wildman–Crippen MR) is 50.0 cm³/mol. The summed E-state index contributed by atoms with van der Waals surface area (Å²) < 4.78 is 5.88. The maximum atomic E-state index is 5.88. The van der Waals surface area contributed by atoms with Crippen molar-refractivity contribution >= 4 is 0 Å². The molecule has 3 unspecified atom stereocenters. The molecule has 0 aromatic rings. The summed E-state index contributed by atoms with van der Waals surface area (Å²) in [5, 5.41) is 0. The molecule has 0 aromatic carbocycles. The summed E-state index contributed by atoms with van der Waals surface area (Å²) in [4.78, 5) is 0. The van der Waals surface area contributed by atoms with E-state index in [9.17, 15) is 0 Å². The summed E-state index contributed by atoms with van der Waals surface area (Å²) >= 11 is 0. The molecule has 0 N–H and O–H groups in total. The predicted octanol–water partition coefficient (Wildman–Crippen LogP) is 2.85. The highest BCUT2D eigenvalue weighted by Gasteiger charge is 2.45. The monoisotopic (exact) mass is 168 g/mol. The van der Waals surface area contributed by atoms with Gasteiger partial charge >= 0.3 is 0 Å². The minimum absolute atomic E-state index is 0.351. The number of hydrogen-bond acceptors (Lipinski definition) is 1. The van der Waals surface area contributed by atoms with Gasteiger partial charge in [-0.2, -0.15) is 0 Å². The number of fused-ring (bicyclic) bond motifs is 1. The Morgan fingerprint density at radius 1 is 1.17 bits per heavy atom. The summed E-state index contributed by atoms with van der Waals surface area (Å²) in [6.45, 7) is 7.95. The number of rotatable bonds is 0. The van der Waals surface area contributed by atoms with Gasteiger partial charge in [-0.15, -0.1) is 0 Å². The van der Waals surface area contributed by atoms with Crippen molar-refractivity contribution in [3.63, 3.8) is 0 Å². The van der Waals surface area contributed by atoms with Crippen LogP contribution >= 0.6 is 0 Å². The van der Waals surface area contributed by atoms with Crippen molar-refractivity contribution in [2.24, 2.45) is 17.3 Å². The molecule has 1 aliphatic heterocycles. The van der Waals surface area contributed by atoms with E-state index >= 15 is 0 Å². The molecule has 2 fully saturated rings. The Hall–Kier alpha value is -0.0400. The molecule has 12 heavy (non-hydrogen) atoms. The van der Waals surface area contributed by atoms with E-state index in [1.807, 2.05) is 0 Å². The fourth-order valence-electron chi connectivity index (χ4n) is 2.91. The van der Waals surface area contributed by atoms with Crippen molar-refractivity contribution in [3.05, 3.63) is 0 Å². The quantitative estimate of drug-likeness (QED) is 0.540. The van der Waals surface area contributed by atoms with E-state index in [4.69, 9.17) is 4.74 Å². The lowest BCUT2D eigenvalue weighted by Crippen LogP contribution is -2.31. The summed E-state index contributed by atoms with van der Waals surface area (Å²) in [5.41, 5.74) is 0.351. The van der Waals surface area contributed by atoms with Crippen LogP contribution in [0, 0.1) is 17.3 Å². The van der Waals surface area contributed by atoms with E-state index in [2.05, 4.69) is 20.8 Å². The van der Waals surface area contributed by atoms with Crippen LogP contribution in [0.1, 0.15) is 40.0 Å². The lowest BCUT2D eigenvalue weighted by molar-refractivity contribution is 0.00499. The summed E-state index contributed by atoms with van der Waals surface area (Å²) in [7, 11) is 0. The van der Waals surface area contributed by atoms with E-state index in [1.165, 1.54) is 19.3 Å². The Balaban J connectivity index is 2.09. The molecule has 1 heterocycles. The third-order valence-corrected chi connectivity index (χ3v) is 3.45. The Labute approximate surface area is 75.5 Å². The Bertz CT molecular complexity index is 168. The second kappa shape index (κ2) is 2.73. The molecule has 2 aliphatic rings. The minimum Gasteiger partial charge on any atom is -0.377 e. The van der Waals surface area contributed by atoms with Crippen LogP contribution in [0.5, 0.6) is 0 Å². The molecular formula is C11H20O. The number of hydrogen-bond donors (Lipinski definition) is 0. The highest BCUT2D eigenvalue weighted by molar-refractivity contribution is 4.93. The van der Waals surface area contributed by atoms with E-state index in [1.54, 1.807) is 0 Å². The lowest BCUT2D eigenvalue weighted by Gasteiger charge is -2.30. The largest absolute Gasteiger partial charge is 0.377 e. The van der Waals surface area contributed by atoms with Crippen LogP contribution in [0.15, 0.2) is 0 Å². The minimum atomic E-state index is 0.351. The Morgan fingerprint density at radius 3 is 2.58 bits per heavy atom. The van der Waals surface area contributed by atoms with E-state index < -0.39 is 0 Å². The molecule has 1 saturated heterocycles. The molecule has 0 amide bonds. The fraction of sp³-hybridized carbons (Fsp3) is 1.00. The highest BCUT2D eigenvalue weighted by Crippen LogP contribution is 2.46. The molecule has 1 heteroatoms. The van der Waals surface area contributed by atoms with Gasteiger partial charge in [-0.1, -0.05) is 27.2 Å². The van der Waals surface area contributed by atoms with Crippen molar-refractivity contribution in [2.45, 2.75) is 46.1 Å². The normalized spacial score (nSPS) is 41.8. The van der Waals surface area contributed by atoms with Crippen molar-refractivity contribution in [1.29, 1.82) is 0 Å². The second-order valence-corrected chi connectivity index (χ2v) is 5.47. The average Bonchev–Trinajstić information content (AvgIpc) is 2.37. The third kappa shape index (κ3) is 1.28.